The molecule has 37 heavy (non-hydrogen) atoms. The molecule has 11 nitrogen and oxygen atoms in total. The van der Waals surface area contributed by atoms with Crippen molar-refractivity contribution in [2.24, 2.45) is 14.1 Å². The SMILES string of the molecule is Cn1cnc2c(N)nc(OCCc3ccccc3)nc21.Cn1cnc2c(NC3CCCCC3)ncnc21. The number of nitrogens with two attached hydrogens (primary N) is 1. The van der Waals surface area contributed by atoms with Crippen molar-refractivity contribution in [3.8, 4) is 6.01 Å². The number of hydrogen-bond acceptors (Lipinski definition) is 9. The van der Waals surface area contributed by atoms with Crippen molar-refractivity contribution in [1.29, 1.82) is 0 Å². The first-order valence-corrected chi connectivity index (χ1v) is 12.6. The summed E-state index contributed by atoms with van der Waals surface area (Å²) in [5, 5.41) is 3.51. The first-order valence-electron chi connectivity index (χ1n) is 12.6. The van der Waals surface area contributed by atoms with E-state index in [4.69, 9.17) is 10.5 Å². The van der Waals surface area contributed by atoms with Gasteiger partial charge in [0, 0.05) is 26.6 Å². The minimum Gasteiger partial charge on any atom is -0.463 e. The fraction of sp³-hybridized carbons (Fsp3) is 0.385. The molecule has 0 atom stereocenters. The molecule has 0 amide bonds. The number of rotatable bonds is 6. The maximum Gasteiger partial charge on any atom is 0.320 e. The number of benzene rings is 1. The number of imidazole rings is 2. The minimum absolute atomic E-state index is 0.287. The van der Waals surface area contributed by atoms with Gasteiger partial charge in [-0.1, -0.05) is 49.6 Å². The van der Waals surface area contributed by atoms with Gasteiger partial charge in [0.1, 0.15) is 17.4 Å². The van der Waals surface area contributed by atoms with Crippen LogP contribution >= 0.6 is 0 Å². The maximum absolute atomic E-state index is 5.85. The van der Waals surface area contributed by atoms with Gasteiger partial charge in [0.05, 0.1) is 19.3 Å². The molecular formula is C26H32N10O. The Morgan fingerprint density at radius 1 is 0.892 bits per heavy atom. The standard InChI is InChI=1S/C14H15N5O.C12H17N5/c1-19-9-16-11-12(15)17-14(18-13(11)19)20-8-7-10-5-3-2-4-6-10;1-17-8-15-10-11(13-7-14-12(10)17)16-9-5-3-2-4-6-9/h2-6,9H,7-8H2,1H3,(H2,15,17,18);7-9H,2-6H2,1H3,(H,13,14,16). The summed E-state index contributed by atoms with van der Waals surface area (Å²) in [6, 6.07) is 11.0. The van der Waals surface area contributed by atoms with E-state index in [-0.39, 0.29) is 6.01 Å². The zero-order valence-corrected chi connectivity index (χ0v) is 21.2. The van der Waals surface area contributed by atoms with Gasteiger partial charge in [-0.2, -0.15) is 9.97 Å². The Balaban J connectivity index is 0.000000153. The highest BCUT2D eigenvalue weighted by Crippen LogP contribution is 2.23. The van der Waals surface area contributed by atoms with Crippen molar-refractivity contribution < 1.29 is 4.74 Å². The quantitative estimate of drug-likeness (QED) is 0.358. The van der Waals surface area contributed by atoms with Gasteiger partial charge in [0.2, 0.25) is 0 Å². The van der Waals surface area contributed by atoms with Gasteiger partial charge in [0.25, 0.3) is 0 Å². The minimum atomic E-state index is 0.287. The van der Waals surface area contributed by atoms with Gasteiger partial charge < -0.3 is 24.9 Å². The summed E-state index contributed by atoms with van der Waals surface area (Å²) in [5.41, 5.74) is 10.1. The van der Waals surface area contributed by atoms with Gasteiger partial charge in [0.15, 0.2) is 22.9 Å². The zero-order valence-electron chi connectivity index (χ0n) is 21.2. The van der Waals surface area contributed by atoms with Crippen molar-refractivity contribution >= 4 is 34.0 Å². The molecule has 0 saturated heterocycles. The van der Waals surface area contributed by atoms with E-state index in [9.17, 15) is 0 Å². The van der Waals surface area contributed by atoms with Crippen LogP contribution in [0.25, 0.3) is 22.3 Å². The molecule has 0 bridgehead atoms. The van der Waals surface area contributed by atoms with Gasteiger partial charge in [-0.15, -0.1) is 0 Å². The smallest absolute Gasteiger partial charge is 0.320 e. The number of aryl methyl sites for hydroxylation is 2. The molecule has 4 heterocycles. The fourth-order valence-corrected chi connectivity index (χ4v) is 4.47. The predicted molar refractivity (Wildman–Crippen MR) is 143 cm³/mol. The molecule has 1 fully saturated rings. The Morgan fingerprint density at radius 2 is 1.62 bits per heavy atom. The van der Waals surface area contributed by atoms with Gasteiger partial charge >= 0.3 is 6.01 Å². The van der Waals surface area contributed by atoms with Crippen LogP contribution in [0.5, 0.6) is 6.01 Å². The molecule has 0 spiro atoms. The predicted octanol–water partition coefficient (Wildman–Crippen LogP) is 3.67. The van der Waals surface area contributed by atoms with Crippen LogP contribution in [-0.4, -0.2) is 51.7 Å². The number of anilines is 2. The number of fused-ring (bicyclic) bond motifs is 2. The van der Waals surface area contributed by atoms with E-state index >= 15 is 0 Å². The van der Waals surface area contributed by atoms with E-state index in [0.717, 1.165) is 23.4 Å². The molecule has 1 aromatic carbocycles. The van der Waals surface area contributed by atoms with E-state index in [1.165, 1.54) is 37.7 Å². The van der Waals surface area contributed by atoms with E-state index in [1.807, 2.05) is 36.9 Å². The van der Waals surface area contributed by atoms with E-state index in [0.29, 0.717) is 29.6 Å². The molecular weight excluding hydrogens is 468 g/mol. The van der Waals surface area contributed by atoms with Crippen LogP contribution in [0, 0.1) is 0 Å². The summed E-state index contributed by atoms with van der Waals surface area (Å²) in [4.78, 5) is 25.5. The molecule has 0 radical (unpaired) electrons. The van der Waals surface area contributed by atoms with Crippen LogP contribution in [-0.2, 0) is 20.5 Å². The molecule has 1 aliphatic rings. The second kappa shape index (κ2) is 11.2. The molecule has 1 saturated carbocycles. The highest BCUT2D eigenvalue weighted by Gasteiger charge is 2.16. The number of nitrogens with zero attached hydrogens (tertiary/aromatic N) is 8. The number of nitrogens with one attached hydrogen (secondary N) is 1. The third kappa shape index (κ3) is 5.76. The molecule has 4 aromatic heterocycles. The average Bonchev–Trinajstić information content (AvgIpc) is 3.49. The normalized spacial score (nSPS) is 13.9. The molecule has 6 rings (SSSR count). The maximum atomic E-state index is 5.85. The van der Waals surface area contributed by atoms with Gasteiger partial charge in [-0.05, 0) is 18.4 Å². The second-order valence-corrected chi connectivity index (χ2v) is 9.23. The summed E-state index contributed by atoms with van der Waals surface area (Å²) in [5.74, 6) is 1.22. The first-order chi connectivity index (χ1) is 18.1. The third-order valence-corrected chi connectivity index (χ3v) is 6.47. The Kier molecular flexibility index (Phi) is 7.38. The number of ether oxygens (including phenoxy) is 1. The van der Waals surface area contributed by atoms with Crippen LogP contribution in [0.3, 0.4) is 0 Å². The van der Waals surface area contributed by atoms with Crippen LogP contribution in [0.15, 0.2) is 49.3 Å². The second-order valence-electron chi connectivity index (χ2n) is 9.23. The molecule has 3 N–H and O–H groups in total. The van der Waals surface area contributed by atoms with Crippen LogP contribution in [0.1, 0.15) is 37.7 Å². The van der Waals surface area contributed by atoms with Crippen molar-refractivity contribution in [1.82, 2.24) is 39.0 Å². The molecule has 11 heteroatoms. The van der Waals surface area contributed by atoms with E-state index in [1.54, 1.807) is 23.5 Å². The Labute approximate surface area is 215 Å². The Bertz CT molecular complexity index is 1460. The molecule has 0 aliphatic heterocycles. The van der Waals surface area contributed by atoms with E-state index in [2.05, 4.69) is 47.4 Å². The van der Waals surface area contributed by atoms with Crippen LogP contribution in [0.4, 0.5) is 11.6 Å². The summed E-state index contributed by atoms with van der Waals surface area (Å²) >= 11 is 0. The van der Waals surface area contributed by atoms with E-state index < -0.39 is 0 Å². The molecule has 5 aromatic rings. The Hall–Kier alpha value is -4.28. The zero-order chi connectivity index (χ0) is 25.6. The van der Waals surface area contributed by atoms with Gasteiger partial charge in [-0.3, -0.25) is 0 Å². The first kappa shape index (κ1) is 24.4. The monoisotopic (exact) mass is 500 g/mol. The summed E-state index contributed by atoms with van der Waals surface area (Å²) in [6.45, 7) is 0.507. The fourth-order valence-electron chi connectivity index (χ4n) is 4.47. The van der Waals surface area contributed by atoms with Crippen LogP contribution in [0.2, 0.25) is 0 Å². The largest absolute Gasteiger partial charge is 0.463 e. The summed E-state index contributed by atoms with van der Waals surface area (Å²) < 4.78 is 9.29. The lowest BCUT2D eigenvalue weighted by Gasteiger charge is -2.23. The van der Waals surface area contributed by atoms with Gasteiger partial charge in [-0.25, -0.2) is 19.9 Å². The lowest BCUT2D eigenvalue weighted by Crippen LogP contribution is -2.23. The highest BCUT2D eigenvalue weighted by atomic mass is 16.5. The Morgan fingerprint density at radius 3 is 2.41 bits per heavy atom. The number of aromatic nitrogens is 8. The average molecular weight is 501 g/mol. The molecule has 1 aliphatic carbocycles. The van der Waals surface area contributed by atoms with Crippen molar-refractivity contribution in [3.63, 3.8) is 0 Å². The van der Waals surface area contributed by atoms with Crippen molar-refractivity contribution in [2.75, 3.05) is 17.7 Å². The number of nitrogen functional groups attached to an aromatic ring is 1. The van der Waals surface area contributed by atoms with Crippen molar-refractivity contribution in [3.05, 3.63) is 54.9 Å². The summed E-state index contributed by atoms with van der Waals surface area (Å²) in [6.07, 6.45) is 12.3. The highest BCUT2D eigenvalue weighted by molar-refractivity contribution is 5.83. The third-order valence-electron chi connectivity index (χ3n) is 6.47. The summed E-state index contributed by atoms with van der Waals surface area (Å²) in [7, 11) is 3.81. The number of hydrogen-bond donors (Lipinski definition) is 2. The topological polar surface area (TPSA) is 134 Å². The lowest BCUT2D eigenvalue weighted by molar-refractivity contribution is 0.298. The molecule has 192 valence electrons. The van der Waals surface area contributed by atoms with Crippen molar-refractivity contribution in [2.45, 2.75) is 44.6 Å². The molecule has 0 unspecified atom stereocenters. The lowest BCUT2D eigenvalue weighted by atomic mass is 9.95. The van der Waals surface area contributed by atoms with Crippen LogP contribution < -0.4 is 15.8 Å².